The smallest absolute Gasteiger partial charge is 0.172 e. The predicted molar refractivity (Wildman–Crippen MR) is 73.9 cm³/mol. The van der Waals surface area contributed by atoms with Gasteiger partial charge in [-0.05, 0) is 43.2 Å². The van der Waals surface area contributed by atoms with Gasteiger partial charge in [0.25, 0.3) is 0 Å². The van der Waals surface area contributed by atoms with Crippen LogP contribution in [-0.4, -0.2) is 21.3 Å². The van der Waals surface area contributed by atoms with E-state index in [2.05, 4.69) is 10.3 Å². The third-order valence-corrected chi connectivity index (χ3v) is 3.37. The quantitative estimate of drug-likeness (QED) is 0.684. The van der Waals surface area contributed by atoms with Gasteiger partial charge in [-0.25, -0.2) is 4.68 Å². The third kappa shape index (κ3) is 1.84. The van der Waals surface area contributed by atoms with Crippen LogP contribution in [0.3, 0.4) is 0 Å². The van der Waals surface area contributed by atoms with E-state index in [0.717, 1.165) is 16.8 Å². The van der Waals surface area contributed by atoms with Crippen LogP contribution in [0.2, 0.25) is 0 Å². The van der Waals surface area contributed by atoms with Crippen molar-refractivity contribution in [3.8, 4) is 17.1 Å². The van der Waals surface area contributed by atoms with Gasteiger partial charge in [0.15, 0.2) is 17.7 Å². The van der Waals surface area contributed by atoms with Gasteiger partial charge >= 0.3 is 0 Å². The Morgan fingerprint density at radius 2 is 2.05 bits per heavy atom. The number of aldehydes is 1. The first kappa shape index (κ1) is 12.3. The van der Waals surface area contributed by atoms with Crippen LogP contribution in [0.4, 0.5) is 0 Å². The van der Waals surface area contributed by atoms with Gasteiger partial charge in [0.2, 0.25) is 0 Å². The van der Waals surface area contributed by atoms with E-state index < -0.39 is 0 Å². The molecular weight excluding hydrogens is 254 g/mol. The minimum absolute atomic E-state index is 0.265. The number of nitrogens with zero attached hydrogens (tertiary/aromatic N) is 3. The number of aromatic nitrogens is 3. The summed E-state index contributed by atoms with van der Waals surface area (Å²) in [6.45, 7) is 4.04. The Morgan fingerprint density at radius 3 is 2.75 bits per heavy atom. The van der Waals surface area contributed by atoms with Gasteiger partial charge in [-0.2, -0.15) is 0 Å². The summed E-state index contributed by atoms with van der Waals surface area (Å²) in [5, 5.41) is 8.01. The van der Waals surface area contributed by atoms with E-state index >= 15 is 0 Å². The number of rotatable bonds is 3. The van der Waals surface area contributed by atoms with Crippen molar-refractivity contribution < 1.29 is 9.21 Å². The molecule has 1 aromatic carbocycles. The molecule has 0 unspecified atom stereocenters. The number of hydrogen-bond donors (Lipinski definition) is 0. The summed E-state index contributed by atoms with van der Waals surface area (Å²) in [5.41, 5.74) is 3.95. The lowest BCUT2D eigenvalue weighted by atomic mass is 10.1. The second-order valence-corrected chi connectivity index (χ2v) is 4.55. The Balaban J connectivity index is 2.28. The van der Waals surface area contributed by atoms with Crippen LogP contribution in [0, 0.1) is 13.8 Å². The van der Waals surface area contributed by atoms with Gasteiger partial charge in [0.1, 0.15) is 5.69 Å². The predicted octanol–water partition coefficient (Wildman–Crippen LogP) is 2.96. The fourth-order valence-electron chi connectivity index (χ4n) is 2.15. The van der Waals surface area contributed by atoms with Gasteiger partial charge in [-0.3, -0.25) is 4.79 Å². The zero-order chi connectivity index (χ0) is 14.1. The summed E-state index contributed by atoms with van der Waals surface area (Å²) in [6.07, 6.45) is 2.25. The largest absolute Gasteiger partial charge is 0.463 e. The van der Waals surface area contributed by atoms with Crippen molar-refractivity contribution in [3.05, 3.63) is 53.4 Å². The van der Waals surface area contributed by atoms with Crippen molar-refractivity contribution in [2.45, 2.75) is 13.8 Å². The van der Waals surface area contributed by atoms with Crippen LogP contribution >= 0.6 is 0 Å². The number of carbonyl (C=O) groups is 1. The molecule has 0 saturated carbocycles. The first-order chi connectivity index (χ1) is 9.72. The number of benzene rings is 1. The van der Waals surface area contributed by atoms with Crippen LogP contribution < -0.4 is 0 Å². The topological polar surface area (TPSA) is 60.9 Å². The van der Waals surface area contributed by atoms with Crippen molar-refractivity contribution in [3.63, 3.8) is 0 Å². The first-order valence-corrected chi connectivity index (χ1v) is 6.23. The lowest BCUT2D eigenvalue weighted by molar-refractivity contribution is 0.111. The summed E-state index contributed by atoms with van der Waals surface area (Å²) in [4.78, 5) is 11.2. The maximum Gasteiger partial charge on any atom is 0.172 e. The molecule has 0 aliphatic carbocycles. The van der Waals surface area contributed by atoms with Crippen molar-refractivity contribution in [1.29, 1.82) is 0 Å². The van der Waals surface area contributed by atoms with Crippen molar-refractivity contribution >= 4 is 6.29 Å². The normalized spacial score (nSPS) is 10.7. The maximum atomic E-state index is 11.2. The van der Waals surface area contributed by atoms with Gasteiger partial charge in [0.05, 0.1) is 12.0 Å². The van der Waals surface area contributed by atoms with E-state index in [1.54, 1.807) is 23.1 Å². The van der Waals surface area contributed by atoms with Crippen molar-refractivity contribution in [1.82, 2.24) is 15.0 Å². The molecule has 0 radical (unpaired) electrons. The summed E-state index contributed by atoms with van der Waals surface area (Å²) in [7, 11) is 0. The van der Waals surface area contributed by atoms with E-state index in [-0.39, 0.29) is 5.69 Å². The Kier molecular flexibility index (Phi) is 2.95. The molecule has 5 nitrogen and oxygen atoms in total. The van der Waals surface area contributed by atoms with E-state index in [4.69, 9.17) is 4.42 Å². The van der Waals surface area contributed by atoms with E-state index in [9.17, 15) is 4.79 Å². The van der Waals surface area contributed by atoms with Crippen LogP contribution in [0.1, 0.15) is 21.6 Å². The molecule has 3 aromatic rings. The molecule has 0 aliphatic heterocycles. The molecule has 0 spiro atoms. The zero-order valence-electron chi connectivity index (χ0n) is 11.2. The molecule has 0 atom stereocenters. The van der Waals surface area contributed by atoms with E-state index in [1.165, 1.54) is 0 Å². The highest BCUT2D eigenvalue weighted by molar-refractivity contribution is 5.82. The molecule has 0 amide bonds. The number of furan rings is 1. The second kappa shape index (κ2) is 4.77. The molecule has 0 aliphatic rings. The number of aryl methyl sites for hydroxylation is 1. The summed E-state index contributed by atoms with van der Waals surface area (Å²) in [6, 6.07) is 9.48. The van der Waals surface area contributed by atoms with Crippen LogP contribution in [-0.2, 0) is 0 Å². The van der Waals surface area contributed by atoms with Crippen LogP contribution in [0.5, 0.6) is 0 Å². The molecule has 0 bridgehead atoms. The number of carbonyl (C=O) groups excluding carboxylic acids is 1. The second-order valence-electron chi connectivity index (χ2n) is 4.55. The molecule has 5 heteroatoms. The van der Waals surface area contributed by atoms with Gasteiger partial charge in [0, 0.05) is 0 Å². The lowest BCUT2D eigenvalue weighted by Crippen LogP contribution is -2.03. The molecule has 3 rings (SSSR count). The van der Waals surface area contributed by atoms with Crippen LogP contribution in [0.25, 0.3) is 17.1 Å². The minimum atomic E-state index is 0.265. The first-order valence-electron chi connectivity index (χ1n) is 6.23. The maximum absolute atomic E-state index is 11.2. The summed E-state index contributed by atoms with van der Waals surface area (Å²) >= 11 is 0. The molecule has 0 saturated heterocycles. The summed E-state index contributed by atoms with van der Waals surface area (Å²) < 4.78 is 7.04. The zero-order valence-corrected chi connectivity index (χ0v) is 11.2. The highest BCUT2D eigenvalue weighted by Gasteiger charge is 2.19. The molecular formula is C15H13N3O2. The molecule has 2 aromatic heterocycles. The summed E-state index contributed by atoms with van der Waals surface area (Å²) in [5.74, 6) is 0.568. The molecule has 20 heavy (non-hydrogen) atoms. The fraction of sp³-hybridized carbons (Fsp3) is 0.133. The highest BCUT2D eigenvalue weighted by Crippen LogP contribution is 2.27. The van der Waals surface area contributed by atoms with Gasteiger partial charge in [-0.1, -0.05) is 17.3 Å². The van der Waals surface area contributed by atoms with Crippen LogP contribution in [0.15, 0.2) is 41.0 Å². The Morgan fingerprint density at radius 1 is 1.20 bits per heavy atom. The Hall–Kier alpha value is -2.69. The Labute approximate surface area is 115 Å². The third-order valence-electron chi connectivity index (χ3n) is 3.37. The molecule has 100 valence electrons. The van der Waals surface area contributed by atoms with Crippen molar-refractivity contribution in [2.75, 3.05) is 0 Å². The molecule has 2 heterocycles. The molecule has 0 N–H and O–H groups in total. The van der Waals surface area contributed by atoms with Gasteiger partial charge < -0.3 is 4.42 Å². The average molecular weight is 267 g/mol. The minimum Gasteiger partial charge on any atom is -0.463 e. The SMILES string of the molecule is Cc1cccc(-n2nnc(C=O)c2-c2ccco2)c1C. The van der Waals surface area contributed by atoms with Gasteiger partial charge in [-0.15, -0.1) is 5.10 Å². The van der Waals surface area contributed by atoms with E-state index in [1.807, 2.05) is 32.0 Å². The standard InChI is InChI=1S/C15H13N3O2/c1-10-5-3-6-13(11(10)2)18-15(12(9-19)16-17-18)14-7-4-8-20-14/h3-9H,1-2H3. The lowest BCUT2D eigenvalue weighted by Gasteiger charge is -2.10. The number of hydrogen-bond acceptors (Lipinski definition) is 4. The Bertz CT molecular complexity index is 758. The average Bonchev–Trinajstić information content (AvgIpc) is 3.09. The highest BCUT2D eigenvalue weighted by atomic mass is 16.3. The fourth-order valence-corrected chi connectivity index (χ4v) is 2.15. The monoisotopic (exact) mass is 267 g/mol. The molecule has 0 fully saturated rings. The van der Waals surface area contributed by atoms with Crippen molar-refractivity contribution in [2.24, 2.45) is 0 Å². The van der Waals surface area contributed by atoms with E-state index in [0.29, 0.717) is 17.7 Å².